The van der Waals surface area contributed by atoms with E-state index < -0.39 is 12.1 Å². The van der Waals surface area contributed by atoms with Gasteiger partial charge in [-0.05, 0) is 35.9 Å². The maximum absolute atomic E-state index is 12.5. The minimum atomic E-state index is -0.901. The predicted octanol–water partition coefficient (Wildman–Crippen LogP) is 5.24. The normalized spacial score (nSPS) is 12.0. The Morgan fingerprint density at radius 2 is 1.63 bits per heavy atom. The molecule has 0 saturated carbocycles. The number of ether oxygens (including phenoxy) is 1. The maximum atomic E-state index is 12.5. The van der Waals surface area contributed by atoms with E-state index in [1.807, 2.05) is 66.7 Å². The zero-order chi connectivity index (χ0) is 18.8. The van der Waals surface area contributed by atoms with Gasteiger partial charge in [-0.25, -0.2) is 4.79 Å². The van der Waals surface area contributed by atoms with Crippen LogP contribution in [0, 0.1) is 0 Å². The Morgan fingerprint density at radius 3 is 2.44 bits per heavy atom. The van der Waals surface area contributed by atoms with Crippen molar-refractivity contribution in [3.8, 4) is 0 Å². The molecular weight excluding hydrogens is 358 g/mol. The van der Waals surface area contributed by atoms with Crippen LogP contribution in [-0.4, -0.2) is 18.0 Å². The number of thiophene rings is 1. The summed E-state index contributed by atoms with van der Waals surface area (Å²) in [5.74, 6) is -0.849. The molecule has 1 atom stereocenters. The summed E-state index contributed by atoms with van der Waals surface area (Å²) < 4.78 is 6.38. The van der Waals surface area contributed by atoms with Gasteiger partial charge in [-0.3, -0.25) is 4.79 Å². The fraction of sp³-hybridized carbons (Fsp3) is 0.0909. The number of hydrogen-bond donors (Lipinski definition) is 1. The SMILES string of the molecule is C[C@@H](OC(=O)c1cc2ccccc2s1)C(=O)Nc1cccc2ccccc12. The predicted molar refractivity (Wildman–Crippen MR) is 109 cm³/mol. The number of fused-ring (bicyclic) bond motifs is 2. The molecule has 0 saturated heterocycles. The first kappa shape index (κ1) is 17.2. The molecule has 1 amide bonds. The van der Waals surface area contributed by atoms with Gasteiger partial charge in [-0.1, -0.05) is 54.6 Å². The molecule has 0 aliphatic carbocycles. The van der Waals surface area contributed by atoms with Crippen LogP contribution in [-0.2, 0) is 9.53 Å². The molecule has 27 heavy (non-hydrogen) atoms. The number of hydrogen-bond acceptors (Lipinski definition) is 4. The van der Waals surface area contributed by atoms with Gasteiger partial charge in [0.1, 0.15) is 4.88 Å². The van der Waals surface area contributed by atoms with E-state index in [0.717, 1.165) is 20.9 Å². The number of amides is 1. The molecule has 0 spiro atoms. The quantitative estimate of drug-likeness (QED) is 0.496. The minimum absolute atomic E-state index is 0.360. The molecule has 1 heterocycles. The van der Waals surface area contributed by atoms with Crippen LogP contribution in [0.1, 0.15) is 16.6 Å². The van der Waals surface area contributed by atoms with Crippen LogP contribution in [0.4, 0.5) is 5.69 Å². The fourth-order valence-electron chi connectivity index (χ4n) is 2.92. The molecule has 4 nitrogen and oxygen atoms in total. The highest BCUT2D eigenvalue weighted by Crippen LogP contribution is 2.26. The number of esters is 1. The Hall–Kier alpha value is -3.18. The van der Waals surface area contributed by atoms with Gasteiger partial charge in [0.15, 0.2) is 6.10 Å². The van der Waals surface area contributed by atoms with Crippen LogP contribution < -0.4 is 5.32 Å². The molecule has 0 aliphatic heterocycles. The van der Waals surface area contributed by atoms with E-state index in [4.69, 9.17) is 4.74 Å². The van der Waals surface area contributed by atoms with Gasteiger partial charge in [0, 0.05) is 15.8 Å². The molecule has 0 radical (unpaired) electrons. The fourth-order valence-corrected chi connectivity index (χ4v) is 3.87. The topological polar surface area (TPSA) is 55.4 Å². The third-order valence-electron chi connectivity index (χ3n) is 4.33. The third kappa shape index (κ3) is 3.55. The van der Waals surface area contributed by atoms with Gasteiger partial charge >= 0.3 is 5.97 Å². The lowest BCUT2D eigenvalue weighted by Crippen LogP contribution is -2.29. The van der Waals surface area contributed by atoms with Crippen LogP contribution in [0.3, 0.4) is 0 Å². The van der Waals surface area contributed by atoms with E-state index in [9.17, 15) is 9.59 Å². The Bertz CT molecular complexity index is 1110. The van der Waals surface area contributed by atoms with Gasteiger partial charge in [-0.15, -0.1) is 11.3 Å². The van der Waals surface area contributed by atoms with Gasteiger partial charge in [0.25, 0.3) is 5.91 Å². The Labute approximate surface area is 160 Å². The monoisotopic (exact) mass is 375 g/mol. The van der Waals surface area contributed by atoms with Crippen LogP contribution in [0.15, 0.2) is 72.8 Å². The van der Waals surface area contributed by atoms with Gasteiger partial charge in [0.2, 0.25) is 0 Å². The summed E-state index contributed by atoms with van der Waals surface area (Å²) in [4.78, 5) is 25.4. The average Bonchev–Trinajstić information content (AvgIpc) is 3.12. The lowest BCUT2D eigenvalue weighted by Gasteiger charge is -2.14. The van der Waals surface area contributed by atoms with E-state index in [2.05, 4.69) is 5.32 Å². The van der Waals surface area contributed by atoms with Crippen molar-refractivity contribution in [3.05, 3.63) is 77.7 Å². The Kier molecular flexibility index (Phi) is 4.60. The van der Waals surface area contributed by atoms with Crippen molar-refractivity contribution in [1.82, 2.24) is 0 Å². The van der Waals surface area contributed by atoms with Crippen molar-refractivity contribution in [2.75, 3.05) is 5.32 Å². The highest BCUT2D eigenvalue weighted by Gasteiger charge is 2.21. The Morgan fingerprint density at radius 1 is 0.926 bits per heavy atom. The first-order valence-corrected chi connectivity index (χ1v) is 9.41. The summed E-state index contributed by atoms with van der Waals surface area (Å²) in [6, 6.07) is 23.0. The van der Waals surface area contributed by atoms with Gasteiger partial charge < -0.3 is 10.1 Å². The second-order valence-electron chi connectivity index (χ2n) is 6.21. The summed E-state index contributed by atoms with van der Waals surface area (Å²) >= 11 is 1.36. The van der Waals surface area contributed by atoms with Crippen LogP contribution in [0.2, 0.25) is 0 Å². The molecule has 0 unspecified atom stereocenters. The maximum Gasteiger partial charge on any atom is 0.349 e. The van der Waals surface area contributed by atoms with Crippen molar-refractivity contribution in [3.63, 3.8) is 0 Å². The van der Waals surface area contributed by atoms with Crippen LogP contribution in [0.5, 0.6) is 0 Å². The van der Waals surface area contributed by atoms with Crippen LogP contribution >= 0.6 is 11.3 Å². The Balaban J connectivity index is 1.48. The third-order valence-corrected chi connectivity index (χ3v) is 5.42. The summed E-state index contributed by atoms with van der Waals surface area (Å²) in [5, 5.41) is 5.82. The molecule has 1 aromatic heterocycles. The van der Waals surface area contributed by atoms with E-state index in [1.165, 1.54) is 11.3 Å². The molecule has 4 rings (SSSR count). The zero-order valence-corrected chi connectivity index (χ0v) is 15.5. The van der Waals surface area contributed by atoms with Crippen molar-refractivity contribution in [1.29, 1.82) is 0 Å². The highest BCUT2D eigenvalue weighted by molar-refractivity contribution is 7.20. The van der Waals surface area contributed by atoms with E-state index in [-0.39, 0.29) is 5.91 Å². The molecule has 1 N–H and O–H groups in total. The number of anilines is 1. The van der Waals surface area contributed by atoms with Crippen molar-refractivity contribution in [2.45, 2.75) is 13.0 Å². The van der Waals surface area contributed by atoms with E-state index in [1.54, 1.807) is 13.0 Å². The number of rotatable bonds is 4. The molecular formula is C22H17NO3S. The largest absolute Gasteiger partial charge is 0.448 e. The van der Waals surface area contributed by atoms with Gasteiger partial charge in [0.05, 0.1) is 0 Å². The molecule has 134 valence electrons. The van der Waals surface area contributed by atoms with Gasteiger partial charge in [-0.2, -0.15) is 0 Å². The molecule has 3 aromatic carbocycles. The molecule has 5 heteroatoms. The first-order valence-electron chi connectivity index (χ1n) is 8.60. The first-order chi connectivity index (χ1) is 13.1. The summed E-state index contributed by atoms with van der Waals surface area (Å²) in [6.45, 7) is 1.58. The zero-order valence-electron chi connectivity index (χ0n) is 14.6. The smallest absolute Gasteiger partial charge is 0.349 e. The molecule has 0 bridgehead atoms. The minimum Gasteiger partial charge on any atom is -0.448 e. The summed E-state index contributed by atoms with van der Waals surface area (Å²) in [6.07, 6.45) is -0.901. The number of benzene rings is 3. The van der Waals surface area contributed by atoms with E-state index >= 15 is 0 Å². The molecule has 0 aliphatic rings. The second kappa shape index (κ2) is 7.21. The average molecular weight is 375 g/mol. The molecule has 4 aromatic rings. The standard InChI is InChI=1S/C22H17NO3S/c1-14(26-22(25)20-13-16-8-3-5-12-19(16)27-20)21(24)23-18-11-6-9-15-7-2-4-10-17(15)18/h2-14H,1H3,(H,23,24)/t14-/m1/s1. The van der Waals surface area contributed by atoms with Crippen LogP contribution in [0.25, 0.3) is 20.9 Å². The highest BCUT2D eigenvalue weighted by atomic mass is 32.1. The lowest BCUT2D eigenvalue weighted by atomic mass is 10.1. The second-order valence-corrected chi connectivity index (χ2v) is 7.30. The number of carbonyl (C=O) groups is 2. The molecule has 0 fully saturated rings. The van der Waals surface area contributed by atoms with Crippen molar-refractivity contribution in [2.24, 2.45) is 0 Å². The number of carbonyl (C=O) groups excluding carboxylic acids is 2. The van der Waals surface area contributed by atoms with E-state index in [0.29, 0.717) is 10.6 Å². The van der Waals surface area contributed by atoms with Crippen molar-refractivity contribution >= 4 is 49.8 Å². The summed E-state index contributed by atoms with van der Waals surface area (Å²) in [5.41, 5.74) is 0.697. The lowest BCUT2D eigenvalue weighted by molar-refractivity contribution is -0.123. The number of nitrogens with one attached hydrogen (secondary N) is 1. The van der Waals surface area contributed by atoms with Crippen molar-refractivity contribution < 1.29 is 14.3 Å². The summed E-state index contributed by atoms with van der Waals surface area (Å²) in [7, 11) is 0.